The van der Waals surface area contributed by atoms with Crippen molar-refractivity contribution in [2.45, 2.75) is 60.3 Å². The smallest absolute Gasteiger partial charge is 0.163 e. The van der Waals surface area contributed by atoms with Gasteiger partial charge in [-0.25, -0.2) is 0 Å². The fraction of sp³-hybridized carbons (Fsp3) is 0.393. The van der Waals surface area contributed by atoms with E-state index in [0.717, 1.165) is 36.1 Å². The summed E-state index contributed by atoms with van der Waals surface area (Å²) in [5, 5.41) is 0. The van der Waals surface area contributed by atoms with Crippen LogP contribution in [0.15, 0.2) is 41.5 Å². The molecule has 2 aromatic carbocycles. The fourth-order valence-corrected chi connectivity index (χ4v) is 5.22. The lowest BCUT2D eigenvalue weighted by Crippen LogP contribution is -2.14. The maximum absolute atomic E-state index is 13.5. The Morgan fingerprint density at radius 1 is 1.03 bits per heavy atom. The molecule has 0 aliphatic heterocycles. The van der Waals surface area contributed by atoms with E-state index in [1.165, 1.54) is 44.5 Å². The summed E-state index contributed by atoms with van der Waals surface area (Å²) in [6.45, 7) is 10.7. The van der Waals surface area contributed by atoms with Crippen molar-refractivity contribution in [1.82, 2.24) is 0 Å². The molecule has 0 saturated heterocycles. The Labute approximate surface area is 180 Å². The van der Waals surface area contributed by atoms with Gasteiger partial charge in [-0.15, -0.1) is 0 Å². The molecule has 0 saturated carbocycles. The zero-order valence-electron chi connectivity index (χ0n) is 19.1. The zero-order valence-corrected chi connectivity index (χ0v) is 19.1. The summed E-state index contributed by atoms with van der Waals surface area (Å²) in [6, 6.07) is 11.0. The van der Waals surface area contributed by atoms with Crippen LogP contribution in [0.4, 0.5) is 0 Å². The lowest BCUT2D eigenvalue weighted by atomic mass is 9.77. The van der Waals surface area contributed by atoms with Gasteiger partial charge in [0.1, 0.15) is 5.75 Å². The molecule has 0 heterocycles. The van der Waals surface area contributed by atoms with Gasteiger partial charge in [0.05, 0.1) is 7.11 Å². The summed E-state index contributed by atoms with van der Waals surface area (Å²) in [4.78, 5) is 13.5. The molecule has 0 amide bonds. The van der Waals surface area contributed by atoms with Crippen LogP contribution < -0.4 is 4.74 Å². The van der Waals surface area contributed by atoms with E-state index in [1.54, 1.807) is 7.11 Å². The van der Waals surface area contributed by atoms with E-state index in [-0.39, 0.29) is 5.78 Å². The third kappa shape index (κ3) is 3.23. The Morgan fingerprint density at radius 2 is 1.80 bits per heavy atom. The van der Waals surface area contributed by atoms with Gasteiger partial charge in [-0.1, -0.05) is 36.8 Å². The minimum absolute atomic E-state index is 0.273. The standard InChI is InChI=1S/C28H32O2/c1-7-8-24(29)28-26(21-10-9-16(2)17(3)13-21)19(5)22-12-11-20-14-18(4)25(30-6)15-23(20)27(22)28/h9-10,13-15,22H,7-8,11-12H2,1-6H3. The van der Waals surface area contributed by atoms with Crippen LogP contribution in [0.1, 0.15) is 66.5 Å². The highest BCUT2D eigenvalue weighted by molar-refractivity contribution is 6.20. The third-order valence-corrected chi connectivity index (χ3v) is 6.95. The number of allylic oxidation sites excluding steroid dienone is 4. The first-order valence-electron chi connectivity index (χ1n) is 11.1. The topological polar surface area (TPSA) is 26.3 Å². The van der Waals surface area contributed by atoms with Gasteiger partial charge in [-0.2, -0.15) is 0 Å². The molecule has 2 aliphatic carbocycles. The molecule has 2 aromatic rings. The number of Topliss-reactive ketones (excluding diaryl/α,β-unsaturated/α-hetero) is 1. The molecule has 156 valence electrons. The van der Waals surface area contributed by atoms with Crippen LogP contribution in [0.2, 0.25) is 0 Å². The van der Waals surface area contributed by atoms with E-state index >= 15 is 0 Å². The highest BCUT2D eigenvalue weighted by Gasteiger charge is 2.38. The summed E-state index contributed by atoms with van der Waals surface area (Å²) < 4.78 is 5.65. The summed E-state index contributed by atoms with van der Waals surface area (Å²) >= 11 is 0. The molecule has 2 aliphatic rings. The molecule has 1 unspecified atom stereocenters. The molecule has 2 nitrogen and oxygen atoms in total. The Hall–Kier alpha value is -2.61. The number of methoxy groups -OCH3 is 1. The average molecular weight is 401 g/mol. The summed E-state index contributed by atoms with van der Waals surface area (Å²) in [6.07, 6.45) is 3.56. The molecule has 0 bridgehead atoms. The number of rotatable bonds is 5. The van der Waals surface area contributed by atoms with Crippen molar-refractivity contribution in [2.75, 3.05) is 7.11 Å². The number of aryl methyl sites for hydroxylation is 4. The highest BCUT2D eigenvalue weighted by Crippen LogP contribution is 2.53. The molecule has 2 heteroatoms. The number of carbonyl (C=O) groups excluding carboxylic acids is 1. The average Bonchev–Trinajstić information content (AvgIpc) is 3.02. The molecule has 0 radical (unpaired) electrons. The van der Waals surface area contributed by atoms with Gasteiger partial charge in [0.2, 0.25) is 0 Å². The first-order chi connectivity index (χ1) is 14.4. The minimum atomic E-state index is 0.273. The first-order valence-corrected chi connectivity index (χ1v) is 11.1. The van der Waals surface area contributed by atoms with E-state index in [4.69, 9.17) is 4.74 Å². The van der Waals surface area contributed by atoms with Crippen LogP contribution in [0.5, 0.6) is 5.75 Å². The van der Waals surface area contributed by atoms with Crippen molar-refractivity contribution >= 4 is 16.9 Å². The number of hydrogen-bond donors (Lipinski definition) is 0. The molecule has 0 spiro atoms. The van der Waals surface area contributed by atoms with Crippen molar-refractivity contribution in [3.63, 3.8) is 0 Å². The number of hydrogen-bond acceptors (Lipinski definition) is 2. The van der Waals surface area contributed by atoms with Gasteiger partial charge in [0.25, 0.3) is 0 Å². The third-order valence-electron chi connectivity index (χ3n) is 6.95. The van der Waals surface area contributed by atoms with Crippen LogP contribution in [-0.2, 0) is 11.2 Å². The van der Waals surface area contributed by atoms with E-state index < -0.39 is 0 Å². The normalized spacial score (nSPS) is 17.9. The van der Waals surface area contributed by atoms with Gasteiger partial charge in [-0.05, 0) is 97.6 Å². The molecule has 1 atom stereocenters. The first kappa shape index (κ1) is 20.7. The van der Waals surface area contributed by atoms with Crippen LogP contribution in [0, 0.1) is 26.7 Å². The predicted molar refractivity (Wildman–Crippen MR) is 125 cm³/mol. The highest BCUT2D eigenvalue weighted by atomic mass is 16.5. The largest absolute Gasteiger partial charge is 0.496 e. The number of benzene rings is 2. The lowest BCUT2D eigenvalue weighted by molar-refractivity contribution is -0.115. The van der Waals surface area contributed by atoms with Crippen LogP contribution in [0.25, 0.3) is 11.1 Å². The second-order valence-electron chi connectivity index (χ2n) is 8.89. The number of carbonyl (C=O) groups is 1. The van der Waals surface area contributed by atoms with Crippen molar-refractivity contribution in [1.29, 1.82) is 0 Å². The Morgan fingerprint density at radius 3 is 2.47 bits per heavy atom. The van der Waals surface area contributed by atoms with Crippen LogP contribution in [0.3, 0.4) is 0 Å². The van der Waals surface area contributed by atoms with Crippen LogP contribution in [-0.4, -0.2) is 12.9 Å². The van der Waals surface area contributed by atoms with Crippen LogP contribution >= 0.6 is 0 Å². The van der Waals surface area contributed by atoms with Gasteiger partial charge in [0.15, 0.2) is 5.78 Å². The molecule has 0 fully saturated rings. The zero-order chi connectivity index (χ0) is 21.6. The summed E-state index contributed by atoms with van der Waals surface area (Å²) in [5.74, 6) is 1.49. The van der Waals surface area contributed by atoms with E-state index in [9.17, 15) is 4.79 Å². The fourth-order valence-electron chi connectivity index (χ4n) is 5.22. The monoisotopic (exact) mass is 400 g/mol. The SMILES string of the molecule is CCCC(=O)C1=C2c3cc(OC)c(C)cc3CCC2C(C)=C1c1ccc(C)c(C)c1. The van der Waals surface area contributed by atoms with Crippen molar-refractivity contribution in [3.05, 3.63) is 74.9 Å². The van der Waals surface area contributed by atoms with Crippen molar-refractivity contribution in [3.8, 4) is 5.75 Å². The minimum Gasteiger partial charge on any atom is -0.496 e. The molecule has 4 rings (SSSR count). The van der Waals surface area contributed by atoms with Gasteiger partial charge in [0, 0.05) is 17.9 Å². The maximum atomic E-state index is 13.5. The Balaban J connectivity index is 1.99. The summed E-state index contributed by atoms with van der Waals surface area (Å²) in [7, 11) is 1.73. The molecule has 0 aromatic heterocycles. The number of fused-ring (bicyclic) bond motifs is 3. The van der Waals surface area contributed by atoms with E-state index in [2.05, 4.69) is 65.0 Å². The molecular formula is C28H32O2. The lowest BCUT2D eigenvalue weighted by Gasteiger charge is -2.27. The second kappa shape index (κ2) is 7.91. The Kier molecular flexibility index (Phi) is 5.44. The van der Waals surface area contributed by atoms with Crippen molar-refractivity contribution < 1.29 is 9.53 Å². The van der Waals surface area contributed by atoms with Gasteiger partial charge < -0.3 is 4.74 Å². The van der Waals surface area contributed by atoms with Gasteiger partial charge in [-0.3, -0.25) is 4.79 Å². The van der Waals surface area contributed by atoms with Crippen molar-refractivity contribution in [2.24, 2.45) is 5.92 Å². The Bertz CT molecular complexity index is 1100. The molecule has 30 heavy (non-hydrogen) atoms. The summed E-state index contributed by atoms with van der Waals surface area (Å²) in [5.41, 5.74) is 12.2. The molecule has 0 N–H and O–H groups in total. The van der Waals surface area contributed by atoms with Gasteiger partial charge >= 0.3 is 0 Å². The number of ketones is 1. The maximum Gasteiger partial charge on any atom is 0.163 e. The molecular weight excluding hydrogens is 368 g/mol. The predicted octanol–water partition coefficient (Wildman–Crippen LogP) is 6.79. The number of ether oxygens (including phenoxy) is 1. The van der Waals surface area contributed by atoms with E-state index in [1.807, 2.05) is 0 Å². The quantitative estimate of drug-likeness (QED) is 0.552. The van der Waals surface area contributed by atoms with E-state index in [0.29, 0.717) is 12.3 Å². The second-order valence-corrected chi connectivity index (χ2v) is 8.89.